The Morgan fingerprint density at radius 1 is 1.03 bits per heavy atom. The van der Waals surface area contributed by atoms with E-state index in [4.69, 9.17) is 22.2 Å². The number of halogens is 1. The second kappa shape index (κ2) is 10.3. The summed E-state index contributed by atoms with van der Waals surface area (Å²) in [6, 6.07) is 9.00. The number of aryl methyl sites for hydroxylation is 1. The molecule has 0 bridgehead atoms. The Balaban J connectivity index is 1.31. The molecule has 2 aliphatic rings. The monoisotopic (exact) mass is 550 g/mol. The predicted molar refractivity (Wildman–Crippen MR) is 141 cm³/mol. The lowest BCUT2D eigenvalue weighted by molar-refractivity contribution is 0.387. The maximum atomic E-state index is 5.54. The third-order valence-electron chi connectivity index (χ3n) is 6.10. The van der Waals surface area contributed by atoms with Gasteiger partial charge >= 0.3 is 0 Å². The van der Waals surface area contributed by atoms with E-state index in [0.717, 1.165) is 56.0 Å². The molecule has 166 valence electrons. The van der Waals surface area contributed by atoms with Crippen LogP contribution in [0.15, 0.2) is 24.3 Å². The molecule has 0 amide bonds. The molecule has 0 saturated heterocycles. The van der Waals surface area contributed by atoms with E-state index in [-0.39, 0.29) is 0 Å². The Morgan fingerprint density at radius 2 is 1.74 bits per heavy atom. The van der Waals surface area contributed by atoms with E-state index in [1.54, 1.807) is 0 Å². The quantitative estimate of drug-likeness (QED) is 0.368. The Labute approximate surface area is 204 Å². The molecule has 4 rings (SSSR count). The summed E-state index contributed by atoms with van der Waals surface area (Å²) in [5.74, 6) is 1.87. The van der Waals surface area contributed by atoms with Gasteiger partial charge in [0.2, 0.25) is 5.95 Å². The summed E-state index contributed by atoms with van der Waals surface area (Å²) >= 11 is 7.86. The van der Waals surface area contributed by atoms with Crippen LogP contribution in [0.4, 0.5) is 17.5 Å². The van der Waals surface area contributed by atoms with Crippen LogP contribution in [0.2, 0.25) is 0 Å². The zero-order valence-electron chi connectivity index (χ0n) is 18.2. The predicted octanol–water partition coefficient (Wildman–Crippen LogP) is 4.74. The molecule has 0 atom stereocenters. The van der Waals surface area contributed by atoms with Gasteiger partial charge in [0, 0.05) is 35.3 Å². The van der Waals surface area contributed by atoms with Gasteiger partial charge < -0.3 is 20.9 Å². The third-order valence-corrected chi connectivity index (χ3v) is 7.26. The normalized spacial score (nSPS) is 20.5. The SMILES string of the molecule is CN(C)c1nc(NC2CCC(NC(=S)Nc3ccccc3I)CC2)nc2c1CCCC2. The highest BCUT2D eigenvalue weighted by Crippen LogP contribution is 2.29. The lowest BCUT2D eigenvalue weighted by Crippen LogP contribution is -2.42. The lowest BCUT2D eigenvalue weighted by atomic mass is 9.91. The van der Waals surface area contributed by atoms with E-state index in [0.29, 0.717) is 17.2 Å². The fraction of sp³-hybridized carbons (Fsp3) is 0.522. The zero-order chi connectivity index (χ0) is 21.8. The van der Waals surface area contributed by atoms with E-state index in [1.807, 2.05) is 12.1 Å². The van der Waals surface area contributed by atoms with Crippen LogP contribution in [-0.4, -0.2) is 41.3 Å². The number of thiocarbonyl (C=S) groups is 1. The summed E-state index contributed by atoms with van der Waals surface area (Å²) in [5, 5.41) is 11.1. The first kappa shape index (κ1) is 22.5. The Kier molecular flexibility index (Phi) is 7.47. The number of benzene rings is 1. The minimum Gasteiger partial charge on any atom is -0.362 e. The van der Waals surface area contributed by atoms with Gasteiger partial charge in [-0.2, -0.15) is 4.98 Å². The van der Waals surface area contributed by atoms with Crippen molar-refractivity contribution in [3.05, 3.63) is 39.1 Å². The molecule has 3 N–H and O–H groups in total. The number of fused-ring (bicyclic) bond motifs is 1. The molecule has 0 aliphatic heterocycles. The Morgan fingerprint density at radius 3 is 2.48 bits per heavy atom. The van der Waals surface area contributed by atoms with Crippen molar-refractivity contribution in [3.8, 4) is 0 Å². The van der Waals surface area contributed by atoms with Crippen LogP contribution < -0.4 is 20.9 Å². The second-order valence-electron chi connectivity index (χ2n) is 8.67. The maximum absolute atomic E-state index is 5.54. The first-order valence-corrected chi connectivity index (χ1v) is 12.6. The third kappa shape index (κ3) is 5.77. The number of para-hydroxylation sites is 1. The number of hydrogen-bond donors (Lipinski definition) is 3. The average Bonchev–Trinajstić information content (AvgIpc) is 2.76. The average molecular weight is 551 g/mol. The minimum atomic E-state index is 0.404. The van der Waals surface area contributed by atoms with Crippen molar-refractivity contribution in [1.82, 2.24) is 15.3 Å². The summed E-state index contributed by atoms with van der Waals surface area (Å²) in [5.41, 5.74) is 3.62. The first-order valence-electron chi connectivity index (χ1n) is 11.2. The summed E-state index contributed by atoms with van der Waals surface area (Å²) in [4.78, 5) is 11.9. The van der Waals surface area contributed by atoms with E-state index in [1.165, 1.54) is 27.7 Å². The maximum Gasteiger partial charge on any atom is 0.225 e. The van der Waals surface area contributed by atoms with Crippen molar-refractivity contribution in [2.45, 2.75) is 63.5 Å². The topological polar surface area (TPSA) is 65.1 Å². The van der Waals surface area contributed by atoms with Crippen molar-refractivity contribution < 1.29 is 0 Å². The standard InChI is InChI=1S/C23H31IN6S/c1-30(2)21-17-7-3-5-9-19(17)27-22(29-21)25-15-11-13-16(14-12-15)26-23(31)28-20-10-6-4-8-18(20)24/h4,6,8,10,15-16H,3,5,7,9,11-14H2,1-2H3,(H,25,27,29)(H2,26,28,31). The van der Waals surface area contributed by atoms with E-state index >= 15 is 0 Å². The molecule has 0 unspecified atom stereocenters. The van der Waals surface area contributed by atoms with Gasteiger partial charge in [-0.15, -0.1) is 0 Å². The van der Waals surface area contributed by atoms with Crippen molar-refractivity contribution in [3.63, 3.8) is 0 Å². The van der Waals surface area contributed by atoms with Crippen LogP contribution in [0.3, 0.4) is 0 Å². The fourth-order valence-electron chi connectivity index (χ4n) is 4.48. The minimum absolute atomic E-state index is 0.404. The number of rotatable bonds is 5. The van der Waals surface area contributed by atoms with Crippen molar-refractivity contribution >= 4 is 57.4 Å². The molecule has 31 heavy (non-hydrogen) atoms. The summed E-state index contributed by atoms with van der Waals surface area (Å²) < 4.78 is 1.17. The fourth-order valence-corrected chi connectivity index (χ4v) is 5.28. The molecular formula is C23H31IN6S. The van der Waals surface area contributed by atoms with Gasteiger partial charge in [0.1, 0.15) is 5.82 Å². The second-order valence-corrected chi connectivity index (χ2v) is 10.2. The summed E-state index contributed by atoms with van der Waals surface area (Å²) in [6.45, 7) is 0. The van der Waals surface area contributed by atoms with Crippen LogP contribution in [0.1, 0.15) is 49.8 Å². The van der Waals surface area contributed by atoms with Gasteiger partial charge in [-0.3, -0.25) is 0 Å². The van der Waals surface area contributed by atoms with Crippen molar-refractivity contribution in [2.75, 3.05) is 29.6 Å². The molecular weight excluding hydrogens is 519 g/mol. The van der Waals surface area contributed by atoms with E-state index in [9.17, 15) is 0 Å². The summed E-state index contributed by atoms with van der Waals surface area (Å²) in [6.07, 6.45) is 8.95. The van der Waals surface area contributed by atoms with E-state index in [2.05, 4.69) is 69.7 Å². The largest absolute Gasteiger partial charge is 0.362 e. The molecule has 1 aromatic heterocycles. The van der Waals surface area contributed by atoms with Gasteiger partial charge in [-0.1, -0.05) is 12.1 Å². The molecule has 0 spiro atoms. The molecule has 0 radical (unpaired) electrons. The van der Waals surface area contributed by atoms with Gasteiger partial charge in [0.05, 0.1) is 11.4 Å². The van der Waals surface area contributed by atoms with Gasteiger partial charge in [-0.05, 0) is 98.3 Å². The zero-order valence-corrected chi connectivity index (χ0v) is 21.2. The number of hydrogen-bond acceptors (Lipinski definition) is 5. The van der Waals surface area contributed by atoms with Crippen molar-refractivity contribution in [2.24, 2.45) is 0 Å². The number of nitrogens with one attached hydrogen (secondary N) is 3. The molecule has 8 heteroatoms. The molecule has 1 heterocycles. The molecule has 1 aromatic carbocycles. The highest BCUT2D eigenvalue weighted by atomic mass is 127. The van der Waals surface area contributed by atoms with Gasteiger partial charge in [0.15, 0.2) is 5.11 Å². The number of anilines is 3. The van der Waals surface area contributed by atoms with Crippen LogP contribution in [0, 0.1) is 3.57 Å². The summed E-state index contributed by atoms with van der Waals surface area (Å²) in [7, 11) is 4.15. The van der Waals surface area contributed by atoms with Crippen LogP contribution in [0.5, 0.6) is 0 Å². The van der Waals surface area contributed by atoms with Gasteiger partial charge in [0.25, 0.3) is 0 Å². The lowest BCUT2D eigenvalue weighted by Gasteiger charge is -2.31. The number of aromatic nitrogens is 2. The number of nitrogens with zero attached hydrogens (tertiary/aromatic N) is 3. The smallest absolute Gasteiger partial charge is 0.225 e. The van der Waals surface area contributed by atoms with Crippen LogP contribution in [0.25, 0.3) is 0 Å². The van der Waals surface area contributed by atoms with Crippen LogP contribution >= 0.6 is 34.8 Å². The van der Waals surface area contributed by atoms with E-state index < -0.39 is 0 Å². The Bertz CT molecular complexity index is 926. The molecule has 6 nitrogen and oxygen atoms in total. The molecule has 2 aliphatic carbocycles. The van der Waals surface area contributed by atoms with Gasteiger partial charge in [-0.25, -0.2) is 4.98 Å². The first-order chi connectivity index (χ1) is 15.0. The Hall–Kier alpha value is -1.68. The molecule has 1 fully saturated rings. The van der Waals surface area contributed by atoms with Crippen LogP contribution in [-0.2, 0) is 12.8 Å². The van der Waals surface area contributed by atoms with Crippen molar-refractivity contribution in [1.29, 1.82) is 0 Å². The highest BCUT2D eigenvalue weighted by molar-refractivity contribution is 14.1. The highest BCUT2D eigenvalue weighted by Gasteiger charge is 2.24. The molecule has 2 aromatic rings. The molecule has 1 saturated carbocycles.